The van der Waals surface area contributed by atoms with Crippen molar-refractivity contribution in [2.75, 3.05) is 13.7 Å². The van der Waals surface area contributed by atoms with E-state index in [9.17, 15) is 23.9 Å². The van der Waals surface area contributed by atoms with E-state index in [1.807, 2.05) is 0 Å². The molecule has 0 aliphatic heterocycles. The van der Waals surface area contributed by atoms with Gasteiger partial charge in [0.2, 0.25) is 0 Å². The third kappa shape index (κ3) is 3.66. The molecule has 158 valence electrons. The lowest BCUT2D eigenvalue weighted by Crippen LogP contribution is -2.56. The number of carbonyl (C=O) groups is 1. The molecule has 3 rings (SSSR count). The number of benzene rings is 1. The molecule has 3 aromatic rings. The number of aliphatic carboxylic acids is 1. The molecular weight excluding hydrogens is 419 g/mol. The Hall–Kier alpha value is -3.24. The molecule has 0 fully saturated rings. The van der Waals surface area contributed by atoms with Crippen molar-refractivity contribution in [1.29, 1.82) is 0 Å². The first-order chi connectivity index (χ1) is 14.2. The Morgan fingerprint density at radius 3 is 2.67 bits per heavy atom. The zero-order valence-corrected chi connectivity index (χ0v) is 16.8. The van der Waals surface area contributed by atoms with Gasteiger partial charge in [0.15, 0.2) is 5.66 Å². The van der Waals surface area contributed by atoms with Crippen LogP contribution >= 0.6 is 11.6 Å². The predicted octanol–water partition coefficient (Wildman–Crippen LogP) is 1.62. The zero-order valence-electron chi connectivity index (χ0n) is 16.1. The van der Waals surface area contributed by atoms with Gasteiger partial charge in [-0.25, -0.2) is 18.7 Å². The fourth-order valence-corrected chi connectivity index (χ4v) is 3.48. The summed E-state index contributed by atoms with van der Waals surface area (Å²) in [6.45, 7) is 0.723. The Bertz CT molecular complexity index is 1200. The molecule has 11 heteroatoms. The molecule has 30 heavy (non-hydrogen) atoms. The van der Waals surface area contributed by atoms with Crippen LogP contribution in [0.1, 0.15) is 6.92 Å². The number of hydrogen-bond donors (Lipinski definition) is 1. The second-order valence-corrected chi connectivity index (χ2v) is 7.09. The van der Waals surface area contributed by atoms with Crippen molar-refractivity contribution in [3.05, 3.63) is 74.8 Å². The number of halogens is 2. The predicted molar refractivity (Wildman–Crippen MR) is 106 cm³/mol. The summed E-state index contributed by atoms with van der Waals surface area (Å²) in [7, 11) is 1.39. The molecule has 0 saturated carbocycles. The van der Waals surface area contributed by atoms with Gasteiger partial charge in [-0.15, -0.1) is 0 Å². The van der Waals surface area contributed by atoms with Crippen molar-refractivity contribution in [2.24, 2.45) is 0 Å². The molecule has 2 aromatic heterocycles. The number of imidazole rings is 1. The van der Waals surface area contributed by atoms with Gasteiger partial charge < -0.3 is 14.4 Å². The van der Waals surface area contributed by atoms with E-state index < -0.39 is 35.2 Å². The highest BCUT2D eigenvalue weighted by Gasteiger charge is 2.34. The first kappa shape index (κ1) is 21.5. The van der Waals surface area contributed by atoms with Gasteiger partial charge >= 0.3 is 11.7 Å². The van der Waals surface area contributed by atoms with Crippen LogP contribution in [-0.4, -0.2) is 43.5 Å². The second-order valence-electron chi connectivity index (χ2n) is 6.71. The fraction of sp³-hybridized carbons (Fsp3) is 0.263. The highest BCUT2D eigenvalue weighted by Crippen LogP contribution is 2.28. The van der Waals surface area contributed by atoms with Gasteiger partial charge in [-0.05, 0) is 13.0 Å². The standard InChI is InChI=1S/C19H18ClFN4O5/c1-19(10-30-2,24-7-6-22-11-24)25-17(28)13(8-23(18(25)29)9-15(26)27)12-4-3-5-14(21)16(12)20/h3-8,11H,9-10H2,1-2H3,(H,26,27)/t19-/m0/s1. The average molecular weight is 437 g/mol. The van der Waals surface area contributed by atoms with E-state index in [2.05, 4.69) is 4.98 Å². The Morgan fingerprint density at radius 2 is 2.07 bits per heavy atom. The lowest BCUT2D eigenvalue weighted by atomic mass is 10.1. The topological polar surface area (TPSA) is 108 Å². The number of methoxy groups -OCH3 is 1. The average Bonchev–Trinajstić information content (AvgIpc) is 3.22. The molecule has 0 spiro atoms. The minimum absolute atomic E-state index is 0.0277. The largest absolute Gasteiger partial charge is 0.480 e. The Labute approximate surface area is 174 Å². The number of ether oxygens (including phenoxy) is 1. The van der Waals surface area contributed by atoms with Gasteiger partial charge in [0, 0.05) is 31.3 Å². The molecule has 0 saturated heterocycles. The van der Waals surface area contributed by atoms with Crippen LogP contribution in [0.15, 0.2) is 52.7 Å². The van der Waals surface area contributed by atoms with Crippen LogP contribution in [0.25, 0.3) is 11.1 Å². The van der Waals surface area contributed by atoms with Crippen molar-refractivity contribution in [1.82, 2.24) is 18.7 Å². The molecule has 1 atom stereocenters. The van der Waals surface area contributed by atoms with Gasteiger partial charge in [0.1, 0.15) is 12.4 Å². The molecule has 0 aliphatic rings. The fourth-order valence-electron chi connectivity index (χ4n) is 3.25. The van der Waals surface area contributed by atoms with E-state index in [1.54, 1.807) is 6.92 Å². The molecular formula is C19H18ClFN4O5. The van der Waals surface area contributed by atoms with Crippen molar-refractivity contribution in [3.8, 4) is 11.1 Å². The van der Waals surface area contributed by atoms with Crippen LogP contribution in [-0.2, 0) is 21.7 Å². The van der Waals surface area contributed by atoms with Crippen molar-refractivity contribution >= 4 is 17.6 Å². The summed E-state index contributed by atoms with van der Waals surface area (Å²) >= 11 is 6.06. The molecule has 0 amide bonds. The maximum absolute atomic E-state index is 14.0. The van der Waals surface area contributed by atoms with Gasteiger partial charge in [0.25, 0.3) is 5.56 Å². The monoisotopic (exact) mass is 436 g/mol. The molecule has 0 bridgehead atoms. The van der Waals surface area contributed by atoms with Gasteiger partial charge in [0.05, 0.1) is 23.5 Å². The number of carboxylic acid groups (broad SMARTS) is 1. The van der Waals surface area contributed by atoms with Crippen LogP contribution in [0.5, 0.6) is 0 Å². The molecule has 0 aliphatic carbocycles. The number of nitrogens with zero attached hydrogens (tertiary/aromatic N) is 4. The van der Waals surface area contributed by atoms with Crippen LogP contribution in [0, 0.1) is 5.82 Å². The van der Waals surface area contributed by atoms with E-state index in [0.29, 0.717) is 0 Å². The van der Waals surface area contributed by atoms with Gasteiger partial charge in [-0.2, -0.15) is 0 Å². The maximum Gasteiger partial charge on any atom is 0.333 e. The Kier molecular flexibility index (Phi) is 5.90. The van der Waals surface area contributed by atoms with Crippen LogP contribution in [0.3, 0.4) is 0 Å². The van der Waals surface area contributed by atoms with E-state index in [0.717, 1.165) is 21.4 Å². The van der Waals surface area contributed by atoms with Crippen molar-refractivity contribution in [2.45, 2.75) is 19.1 Å². The zero-order chi connectivity index (χ0) is 22.1. The summed E-state index contributed by atoms with van der Waals surface area (Å²) in [5.74, 6) is -2.06. The second kappa shape index (κ2) is 8.25. The Morgan fingerprint density at radius 1 is 1.33 bits per heavy atom. The summed E-state index contributed by atoms with van der Waals surface area (Å²) in [5.41, 5.74) is -3.17. The minimum Gasteiger partial charge on any atom is -0.480 e. The highest BCUT2D eigenvalue weighted by molar-refractivity contribution is 6.33. The number of rotatable bonds is 7. The first-order valence-electron chi connectivity index (χ1n) is 8.71. The van der Waals surface area contributed by atoms with Crippen molar-refractivity contribution < 1.29 is 19.0 Å². The minimum atomic E-state index is -1.39. The number of aromatic nitrogens is 4. The maximum atomic E-state index is 14.0. The van der Waals surface area contributed by atoms with Crippen LogP contribution in [0.2, 0.25) is 5.02 Å². The normalized spacial score (nSPS) is 13.2. The van der Waals surface area contributed by atoms with Gasteiger partial charge in [-0.3, -0.25) is 14.2 Å². The SMILES string of the molecule is COC[C@@](C)(n1ccnc1)n1c(=O)c(-c2cccc(F)c2Cl)cn(CC(=O)O)c1=O. The summed E-state index contributed by atoms with van der Waals surface area (Å²) in [6.07, 6.45) is 5.46. The van der Waals surface area contributed by atoms with E-state index >= 15 is 0 Å². The third-order valence-electron chi connectivity index (χ3n) is 4.66. The summed E-state index contributed by atoms with van der Waals surface area (Å²) in [6, 6.07) is 3.89. The first-order valence-corrected chi connectivity index (χ1v) is 9.09. The Balaban J connectivity index is 2.43. The van der Waals surface area contributed by atoms with Crippen LogP contribution < -0.4 is 11.2 Å². The molecule has 1 N–H and O–H groups in total. The molecule has 2 heterocycles. The van der Waals surface area contributed by atoms with Crippen molar-refractivity contribution in [3.63, 3.8) is 0 Å². The van der Waals surface area contributed by atoms with Gasteiger partial charge in [-0.1, -0.05) is 23.7 Å². The molecule has 1 aromatic carbocycles. The molecule has 9 nitrogen and oxygen atoms in total. The summed E-state index contributed by atoms with van der Waals surface area (Å²) < 4.78 is 22.5. The quantitative estimate of drug-likeness (QED) is 0.603. The van der Waals surface area contributed by atoms with E-state index in [4.69, 9.17) is 16.3 Å². The lowest BCUT2D eigenvalue weighted by Gasteiger charge is -2.32. The summed E-state index contributed by atoms with van der Waals surface area (Å²) in [5, 5.41) is 8.91. The number of carboxylic acids is 1. The lowest BCUT2D eigenvalue weighted by molar-refractivity contribution is -0.137. The summed E-state index contributed by atoms with van der Waals surface area (Å²) in [4.78, 5) is 41.9. The van der Waals surface area contributed by atoms with E-state index in [1.165, 1.54) is 42.5 Å². The molecule has 0 unspecified atom stereocenters. The molecule has 0 radical (unpaired) electrons. The number of hydrogen-bond acceptors (Lipinski definition) is 5. The third-order valence-corrected chi connectivity index (χ3v) is 5.05. The smallest absolute Gasteiger partial charge is 0.333 e. The van der Waals surface area contributed by atoms with Crippen LogP contribution in [0.4, 0.5) is 4.39 Å². The van der Waals surface area contributed by atoms with E-state index in [-0.39, 0.29) is 22.8 Å². The highest BCUT2D eigenvalue weighted by atomic mass is 35.5.